The molecule has 1 saturated heterocycles. The highest BCUT2D eigenvalue weighted by Gasteiger charge is 2.36. The van der Waals surface area contributed by atoms with E-state index in [0.29, 0.717) is 11.4 Å². The van der Waals surface area contributed by atoms with Crippen molar-refractivity contribution in [3.05, 3.63) is 59.6 Å². The Hall–Kier alpha value is -2.04. The fourth-order valence-electron chi connectivity index (χ4n) is 2.68. The van der Waals surface area contributed by atoms with Crippen LogP contribution < -0.4 is 10.1 Å². The molecule has 1 aliphatic heterocycles. The first kappa shape index (κ1) is 23.6. The minimum Gasteiger partial charge on any atom is -0.479 e. The zero-order valence-electron chi connectivity index (χ0n) is 16.3. The molecule has 1 heterocycles. The predicted molar refractivity (Wildman–Crippen MR) is 139 cm³/mol. The maximum absolute atomic E-state index is 12.7. The maximum atomic E-state index is 12.7. The van der Waals surface area contributed by atoms with Gasteiger partial charge < -0.3 is 10.1 Å². The van der Waals surface area contributed by atoms with E-state index in [9.17, 15) is 14.4 Å². The number of benzene rings is 2. The van der Waals surface area contributed by atoms with Gasteiger partial charge in [-0.2, -0.15) is 0 Å². The molecule has 3 amide bonds. The molecule has 3 rings (SSSR count). The van der Waals surface area contributed by atoms with Gasteiger partial charge in [0.2, 0.25) is 5.91 Å². The summed E-state index contributed by atoms with van der Waals surface area (Å²) >= 11 is 5.07. The zero-order valence-corrected chi connectivity index (χ0v) is 21.4. The van der Waals surface area contributed by atoms with Crippen LogP contribution in [0.4, 0.5) is 10.5 Å². The number of ether oxygens (including phenoxy) is 1. The number of carbonyl (C=O) groups excluding carboxylic acids is 3. The minimum absolute atomic E-state index is 0.162. The van der Waals surface area contributed by atoms with Crippen molar-refractivity contribution in [3.63, 3.8) is 0 Å². The third kappa shape index (κ3) is 6.02. The highest BCUT2D eigenvalue weighted by atomic mass is 127. The van der Waals surface area contributed by atoms with Crippen LogP contribution in [0.15, 0.2) is 41.3 Å². The third-order valence-electron chi connectivity index (χ3n) is 4.13. The van der Waals surface area contributed by atoms with E-state index in [1.165, 1.54) is 0 Å². The number of rotatable bonds is 6. The van der Waals surface area contributed by atoms with Crippen molar-refractivity contribution in [1.82, 2.24) is 4.90 Å². The number of nitrogens with zero attached hydrogens (tertiary/aromatic N) is 1. The highest BCUT2D eigenvalue weighted by Crippen LogP contribution is 2.34. The molecule has 0 atom stereocenters. The van der Waals surface area contributed by atoms with Crippen molar-refractivity contribution >= 4 is 85.8 Å². The maximum Gasteiger partial charge on any atom is 0.294 e. The van der Waals surface area contributed by atoms with E-state index in [2.05, 4.69) is 56.4 Å². The second-order valence-electron chi connectivity index (χ2n) is 6.49. The summed E-state index contributed by atoms with van der Waals surface area (Å²) in [7, 11) is 0. The molecule has 158 valence electrons. The molecule has 1 fully saturated rings. The van der Waals surface area contributed by atoms with Gasteiger partial charge in [-0.1, -0.05) is 23.6 Å². The van der Waals surface area contributed by atoms with Gasteiger partial charge >= 0.3 is 0 Å². The highest BCUT2D eigenvalue weighted by molar-refractivity contribution is 14.1. The molecule has 0 unspecified atom stereocenters. The number of terminal acetylenes is 1. The first-order valence-electron chi connectivity index (χ1n) is 8.95. The van der Waals surface area contributed by atoms with Gasteiger partial charge in [0.25, 0.3) is 11.1 Å². The number of nitrogens with one attached hydrogen (secondary N) is 1. The lowest BCUT2D eigenvalue weighted by atomic mass is 10.2. The molecule has 0 bridgehead atoms. The van der Waals surface area contributed by atoms with E-state index < -0.39 is 17.1 Å². The molecule has 1 aliphatic rings. The summed E-state index contributed by atoms with van der Waals surface area (Å²) in [5.74, 6) is 2.17. The molecule has 0 aliphatic carbocycles. The van der Waals surface area contributed by atoms with E-state index in [4.69, 9.17) is 11.2 Å². The van der Waals surface area contributed by atoms with Gasteiger partial charge in [-0.05, 0) is 99.8 Å². The Kier molecular flexibility index (Phi) is 8.01. The molecule has 0 spiro atoms. The SMILES string of the molecule is C#CCOc1c(I)cc(/C=C2\SC(=O)N(CC(=O)Nc3ccc(C)cc3)C2=O)cc1I. The average molecular weight is 658 g/mol. The molecule has 0 saturated carbocycles. The van der Waals surface area contributed by atoms with Crippen LogP contribution in [0.5, 0.6) is 5.75 Å². The van der Waals surface area contributed by atoms with Gasteiger partial charge in [-0.25, -0.2) is 0 Å². The Bertz CT molecular complexity index is 1100. The van der Waals surface area contributed by atoms with Crippen LogP contribution >= 0.6 is 56.9 Å². The standard InChI is InChI=1S/C22H16I2N2O4S/c1-3-8-30-20-16(23)9-14(10-17(20)24)11-18-21(28)26(22(29)31-18)12-19(27)25-15-6-4-13(2)5-7-15/h1,4-7,9-11H,8,12H2,2H3,(H,25,27)/b18-11-. The van der Waals surface area contributed by atoms with Crippen LogP contribution in [0.25, 0.3) is 6.08 Å². The molecule has 2 aromatic carbocycles. The second kappa shape index (κ2) is 10.5. The van der Waals surface area contributed by atoms with Crippen molar-refractivity contribution in [3.8, 4) is 18.1 Å². The van der Waals surface area contributed by atoms with Crippen LogP contribution in [-0.2, 0) is 9.59 Å². The van der Waals surface area contributed by atoms with Crippen LogP contribution in [-0.4, -0.2) is 35.1 Å². The molecular weight excluding hydrogens is 642 g/mol. The molecule has 31 heavy (non-hydrogen) atoms. The number of hydrogen-bond acceptors (Lipinski definition) is 5. The van der Waals surface area contributed by atoms with Gasteiger partial charge in [0, 0.05) is 5.69 Å². The lowest BCUT2D eigenvalue weighted by Crippen LogP contribution is -2.36. The van der Waals surface area contributed by atoms with Crippen LogP contribution in [0.2, 0.25) is 0 Å². The number of halogens is 2. The predicted octanol–water partition coefficient (Wildman–Crippen LogP) is 4.89. The second-order valence-corrected chi connectivity index (χ2v) is 9.81. The largest absolute Gasteiger partial charge is 0.479 e. The fourth-order valence-corrected chi connectivity index (χ4v) is 5.65. The summed E-state index contributed by atoms with van der Waals surface area (Å²) in [6.07, 6.45) is 6.88. The van der Waals surface area contributed by atoms with Crippen molar-refractivity contribution < 1.29 is 19.1 Å². The molecule has 0 aromatic heterocycles. The van der Waals surface area contributed by atoms with Crippen LogP contribution in [0.3, 0.4) is 0 Å². The summed E-state index contributed by atoms with van der Waals surface area (Å²) in [4.78, 5) is 38.6. The van der Waals surface area contributed by atoms with Gasteiger partial charge in [-0.3, -0.25) is 19.3 Å². The van der Waals surface area contributed by atoms with Gasteiger partial charge in [0.1, 0.15) is 18.9 Å². The fraction of sp³-hybridized carbons (Fsp3) is 0.136. The topological polar surface area (TPSA) is 75.7 Å². The van der Waals surface area contributed by atoms with Gasteiger partial charge in [0.05, 0.1) is 12.0 Å². The smallest absolute Gasteiger partial charge is 0.294 e. The Balaban J connectivity index is 1.72. The molecule has 1 N–H and O–H groups in total. The van der Waals surface area contributed by atoms with Crippen LogP contribution in [0.1, 0.15) is 11.1 Å². The quantitative estimate of drug-likeness (QED) is 0.272. The number of amides is 3. The summed E-state index contributed by atoms with van der Waals surface area (Å²) in [5, 5.41) is 2.22. The van der Waals surface area contributed by atoms with E-state index >= 15 is 0 Å². The average Bonchev–Trinajstić information content (AvgIpc) is 2.96. The first-order valence-corrected chi connectivity index (χ1v) is 11.9. The lowest BCUT2D eigenvalue weighted by molar-refractivity contribution is -0.127. The molecule has 6 nitrogen and oxygen atoms in total. The van der Waals surface area contributed by atoms with Crippen LogP contribution in [0, 0.1) is 26.4 Å². The van der Waals surface area contributed by atoms with E-state index in [1.54, 1.807) is 18.2 Å². The lowest BCUT2D eigenvalue weighted by Gasteiger charge is -2.12. The monoisotopic (exact) mass is 658 g/mol. The van der Waals surface area contributed by atoms with E-state index in [0.717, 1.165) is 34.9 Å². The zero-order chi connectivity index (χ0) is 22.5. The number of carbonyl (C=O) groups is 3. The normalized spacial score (nSPS) is 14.6. The van der Waals surface area contributed by atoms with E-state index in [-0.39, 0.29) is 18.1 Å². The summed E-state index contributed by atoms with van der Waals surface area (Å²) in [6.45, 7) is 1.76. The summed E-state index contributed by atoms with van der Waals surface area (Å²) in [5.41, 5.74) is 2.42. The van der Waals surface area contributed by atoms with Crippen molar-refractivity contribution in [2.24, 2.45) is 0 Å². The Morgan fingerprint density at radius 1 is 1.23 bits per heavy atom. The molecule has 0 radical (unpaired) electrons. The number of imide groups is 1. The number of anilines is 1. The first-order chi connectivity index (χ1) is 14.8. The Morgan fingerprint density at radius 2 is 1.87 bits per heavy atom. The molecule has 9 heteroatoms. The van der Waals surface area contributed by atoms with Gasteiger partial charge in [-0.15, -0.1) is 6.42 Å². The molecular formula is C22H16I2N2O4S. The van der Waals surface area contributed by atoms with Crippen molar-refractivity contribution in [2.45, 2.75) is 6.92 Å². The Labute approximate surface area is 211 Å². The van der Waals surface area contributed by atoms with Crippen molar-refractivity contribution in [2.75, 3.05) is 18.5 Å². The number of thioether (sulfide) groups is 1. The van der Waals surface area contributed by atoms with E-state index in [1.807, 2.05) is 31.2 Å². The number of hydrogen-bond donors (Lipinski definition) is 1. The summed E-state index contributed by atoms with van der Waals surface area (Å²) < 4.78 is 7.22. The van der Waals surface area contributed by atoms with Gasteiger partial charge in [0.15, 0.2) is 0 Å². The third-order valence-corrected chi connectivity index (χ3v) is 6.64. The minimum atomic E-state index is -0.494. The summed E-state index contributed by atoms with van der Waals surface area (Å²) in [6, 6.07) is 10.9. The van der Waals surface area contributed by atoms with Crippen molar-refractivity contribution in [1.29, 1.82) is 0 Å². The Morgan fingerprint density at radius 3 is 2.48 bits per heavy atom. The number of aryl methyl sites for hydroxylation is 1. The molecule has 2 aromatic rings.